The number of nitrogens with zero attached hydrogens (tertiary/aromatic N) is 1. The number of benzene rings is 3. The van der Waals surface area contributed by atoms with Crippen LogP contribution in [-0.4, -0.2) is 4.98 Å². The van der Waals surface area contributed by atoms with E-state index in [2.05, 4.69) is 59.6 Å². The predicted molar refractivity (Wildman–Crippen MR) is 83.5 cm³/mol. The summed E-state index contributed by atoms with van der Waals surface area (Å²) in [4.78, 5) is 4.55. The van der Waals surface area contributed by atoms with E-state index in [0.29, 0.717) is 0 Å². The molecule has 0 amide bonds. The van der Waals surface area contributed by atoms with Gasteiger partial charge in [0.05, 0.1) is 0 Å². The zero-order valence-corrected chi connectivity index (χ0v) is 13.5. The molecule has 1 aromatic heterocycles. The van der Waals surface area contributed by atoms with Crippen molar-refractivity contribution in [2.45, 2.75) is 0 Å². The van der Waals surface area contributed by atoms with E-state index in [1.54, 1.807) is 0 Å². The van der Waals surface area contributed by atoms with Crippen molar-refractivity contribution in [1.82, 2.24) is 4.98 Å². The van der Waals surface area contributed by atoms with Gasteiger partial charge in [0.25, 0.3) is 0 Å². The van der Waals surface area contributed by atoms with Gasteiger partial charge in [0.2, 0.25) is 0 Å². The molecule has 0 N–H and O–H groups in total. The van der Waals surface area contributed by atoms with Gasteiger partial charge in [0, 0.05) is 33.0 Å². The van der Waals surface area contributed by atoms with Gasteiger partial charge in [-0.05, 0) is 16.8 Å². The van der Waals surface area contributed by atoms with Gasteiger partial charge in [-0.2, -0.15) is 0 Å². The van der Waals surface area contributed by atoms with Crippen LogP contribution in [-0.2, 0) is 21.1 Å². The molecule has 0 aliphatic carbocycles. The van der Waals surface area contributed by atoms with Gasteiger partial charge >= 0.3 is 0 Å². The largest absolute Gasteiger partial charge is 0.294 e. The van der Waals surface area contributed by atoms with Crippen molar-refractivity contribution >= 4 is 21.5 Å². The van der Waals surface area contributed by atoms with Gasteiger partial charge in [0.15, 0.2) is 0 Å². The van der Waals surface area contributed by atoms with Gasteiger partial charge in [-0.25, -0.2) is 0 Å². The van der Waals surface area contributed by atoms with Crippen molar-refractivity contribution in [2.24, 2.45) is 0 Å². The third kappa shape index (κ3) is 2.50. The normalized spacial score (nSPS) is 10.5. The number of aromatic nitrogens is 1. The summed E-state index contributed by atoms with van der Waals surface area (Å²) in [5.74, 6) is 0. The topological polar surface area (TPSA) is 12.9 Å². The fourth-order valence-corrected chi connectivity index (χ4v) is 2.59. The van der Waals surface area contributed by atoms with Crippen molar-refractivity contribution in [3.8, 4) is 11.3 Å². The number of rotatable bonds is 1. The zero-order valence-electron chi connectivity index (χ0n) is 11.2. The molecule has 0 radical (unpaired) electrons. The van der Waals surface area contributed by atoms with Crippen LogP contribution >= 0.6 is 0 Å². The molecule has 0 spiro atoms. The molecule has 4 aromatic rings. The first-order chi connectivity index (χ1) is 9.92. The summed E-state index contributed by atoms with van der Waals surface area (Å²) in [5.41, 5.74) is 2.04. The average molecular weight is 449 g/mol. The standard InChI is InChI=1S/C19H12N.Pt/c1-2-7-16-13-17(10-9-14(16)5-1)19-18-8-4-3-6-15(18)11-12-20-19;/h1-12H;/q-1;. The van der Waals surface area contributed by atoms with Crippen molar-refractivity contribution in [3.05, 3.63) is 79.0 Å². The maximum Gasteiger partial charge on any atom is 0.0189 e. The number of hydrogen-bond donors (Lipinski definition) is 0. The summed E-state index contributed by atoms with van der Waals surface area (Å²) >= 11 is 0. The van der Waals surface area contributed by atoms with E-state index >= 15 is 0 Å². The summed E-state index contributed by atoms with van der Waals surface area (Å²) in [7, 11) is 0. The predicted octanol–water partition coefficient (Wildman–Crippen LogP) is 4.85. The first kappa shape index (κ1) is 14.0. The van der Waals surface area contributed by atoms with E-state index in [0.717, 1.165) is 16.6 Å². The second-order valence-electron chi connectivity index (χ2n) is 4.84. The second kappa shape index (κ2) is 5.79. The van der Waals surface area contributed by atoms with Crippen LogP contribution in [0.15, 0.2) is 72.9 Å². The Labute approximate surface area is 137 Å². The molecular weight excluding hydrogens is 437 g/mol. The van der Waals surface area contributed by atoms with Gasteiger partial charge in [-0.15, -0.1) is 29.7 Å². The molecule has 0 saturated heterocycles. The van der Waals surface area contributed by atoms with Crippen LogP contribution in [0.5, 0.6) is 0 Å². The first-order valence-corrected chi connectivity index (χ1v) is 6.67. The molecule has 0 saturated carbocycles. The van der Waals surface area contributed by atoms with Crippen molar-refractivity contribution in [1.29, 1.82) is 0 Å². The third-order valence-corrected chi connectivity index (χ3v) is 3.59. The Kier molecular flexibility index (Phi) is 3.85. The quantitative estimate of drug-likeness (QED) is 0.379. The molecule has 0 fully saturated rings. The Morgan fingerprint density at radius 2 is 1.48 bits per heavy atom. The van der Waals surface area contributed by atoms with Crippen LogP contribution in [0.3, 0.4) is 0 Å². The van der Waals surface area contributed by atoms with Gasteiger partial charge in [0.1, 0.15) is 0 Å². The Morgan fingerprint density at radius 1 is 0.714 bits per heavy atom. The minimum Gasteiger partial charge on any atom is -0.294 e. The van der Waals surface area contributed by atoms with Crippen LogP contribution in [0.1, 0.15) is 0 Å². The molecule has 0 aliphatic rings. The SMILES string of the molecule is [Pt].[c-]1c(-c2nccc3ccccc23)ccc2ccccc12. The van der Waals surface area contributed by atoms with Crippen LogP contribution in [0, 0.1) is 6.07 Å². The van der Waals surface area contributed by atoms with Gasteiger partial charge < -0.3 is 0 Å². The maximum atomic E-state index is 4.55. The minimum atomic E-state index is 0. The van der Waals surface area contributed by atoms with Crippen LogP contribution in [0.25, 0.3) is 32.8 Å². The molecule has 104 valence electrons. The molecule has 0 aliphatic heterocycles. The average Bonchev–Trinajstić information content (AvgIpc) is 2.54. The first-order valence-electron chi connectivity index (χ1n) is 6.67. The Bertz CT molecular complexity index is 910. The van der Waals surface area contributed by atoms with Crippen LogP contribution < -0.4 is 0 Å². The summed E-state index contributed by atoms with van der Waals surface area (Å²) < 4.78 is 0. The van der Waals surface area contributed by atoms with Gasteiger partial charge in [-0.3, -0.25) is 4.98 Å². The summed E-state index contributed by atoms with van der Waals surface area (Å²) in [6.07, 6.45) is 1.86. The number of pyridine rings is 1. The smallest absolute Gasteiger partial charge is 0.0189 e. The fraction of sp³-hybridized carbons (Fsp3) is 0. The number of fused-ring (bicyclic) bond motifs is 2. The molecule has 0 bridgehead atoms. The van der Waals surface area contributed by atoms with Crippen molar-refractivity contribution in [3.63, 3.8) is 0 Å². The van der Waals surface area contributed by atoms with E-state index in [-0.39, 0.29) is 21.1 Å². The fourth-order valence-electron chi connectivity index (χ4n) is 2.59. The second-order valence-corrected chi connectivity index (χ2v) is 4.84. The molecule has 1 nitrogen and oxygen atoms in total. The Morgan fingerprint density at radius 3 is 2.38 bits per heavy atom. The molecule has 2 heteroatoms. The summed E-state index contributed by atoms with van der Waals surface area (Å²) in [5, 5.41) is 4.71. The summed E-state index contributed by atoms with van der Waals surface area (Å²) in [6, 6.07) is 26.3. The van der Waals surface area contributed by atoms with E-state index in [9.17, 15) is 0 Å². The molecule has 21 heavy (non-hydrogen) atoms. The van der Waals surface area contributed by atoms with E-state index in [1.807, 2.05) is 24.4 Å². The van der Waals surface area contributed by atoms with Crippen LogP contribution in [0.2, 0.25) is 0 Å². The van der Waals surface area contributed by atoms with E-state index in [1.165, 1.54) is 16.2 Å². The molecular formula is C19H12NPt-. The number of hydrogen-bond acceptors (Lipinski definition) is 1. The Hall–Kier alpha value is -1.98. The van der Waals surface area contributed by atoms with E-state index < -0.39 is 0 Å². The molecule has 0 unspecified atom stereocenters. The maximum absolute atomic E-state index is 4.55. The van der Waals surface area contributed by atoms with E-state index in [4.69, 9.17) is 0 Å². The minimum absolute atomic E-state index is 0. The Balaban J connectivity index is 0.00000132. The van der Waals surface area contributed by atoms with Crippen molar-refractivity contribution < 1.29 is 21.1 Å². The molecule has 0 atom stereocenters. The molecule has 3 aromatic carbocycles. The van der Waals surface area contributed by atoms with Crippen molar-refractivity contribution in [2.75, 3.05) is 0 Å². The monoisotopic (exact) mass is 449 g/mol. The van der Waals surface area contributed by atoms with Crippen LogP contribution in [0.4, 0.5) is 0 Å². The zero-order chi connectivity index (χ0) is 13.4. The third-order valence-electron chi connectivity index (χ3n) is 3.59. The van der Waals surface area contributed by atoms with Gasteiger partial charge in [-0.1, -0.05) is 53.4 Å². The molecule has 4 rings (SSSR count). The molecule has 1 heterocycles. The summed E-state index contributed by atoms with van der Waals surface area (Å²) in [6.45, 7) is 0.